The van der Waals surface area contributed by atoms with Crippen LogP contribution in [0.3, 0.4) is 0 Å². The molecule has 1 nitrogen and oxygen atoms in total. The molecule has 0 spiro atoms. The topological polar surface area (TPSA) is 12.0 Å². The molecule has 1 fully saturated rings. The lowest BCUT2D eigenvalue weighted by Gasteiger charge is -2.31. The Morgan fingerprint density at radius 3 is 2.78 bits per heavy atom. The highest BCUT2D eigenvalue weighted by molar-refractivity contribution is 7.99. The SMILES string of the molecule is CSC1CCCC(NC(C)c2ccccc2C)C1. The molecule has 0 aromatic heterocycles. The monoisotopic (exact) mass is 263 g/mol. The molecule has 1 aromatic rings. The summed E-state index contributed by atoms with van der Waals surface area (Å²) in [7, 11) is 0. The van der Waals surface area contributed by atoms with Crippen molar-refractivity contribution >= 4 is 11.8 Å². The van der Waals surface area contributed by atoms with Crippen LogP contribution >= 0.6 is 11.8 Å². The summed E-state index contributed by atoms with van der Waals surface area (Å²) in [6.45, 7) is 4.50. The molecule has 0 aliphatic heterocycles. The second kappa shape index (κ2) is 6.63. The lowest BCUT2D eigenvalue weighted by Crippen LogP contribution is -2.36. The minimum atomic E-state index is 0.469. The minimum Gasteiger partial charge on any atom is -0.307 e. The van der Waals surface area contributed by atoms with E-state index in [1.807, 2.05) is 11.8 Å². The normalized spacial score (nSPS) is 25.9. The lowest BCUT2D eigenvalue weighted by atomic mass is 9.93. The molecule has 1 aliphatic rings. The predicted molar refractivity (Wildman–Crippen MR) is 82.3 cm³/mol. The van der Waals surface area contributed by atoms with Crippen LogP contribution in [-0.2, 0) is 0 Å². The smallest absolute Gasteiger partial charge is 0.0296 e. The average molecular weight is 263 g/mol. The fourth-order valence-corrected chi connectivity index (χ4v) is 3.85. The third-order valence-corrected chi connectivity index (χ3v) is 5.19. The number of thioether (sulfide) groups is 1. The Kier molecular flexibility index (Phi) is 5.13. The molecule has 1 saturated carbocycles. The van der Waals surface area contributed by atoms with Crippen molar-refractivity contribution in [3.8, 4) is 0 Å². The van der Waals surface area contributed by atoms with Gasteiger partial charge in [-0.1, -0.05) is 30.7 Å². The van der Waals surface area contributed by atoms with Gasteiger partial charge in [0.25, 0.3) is 0 Å². The van der Waals surface area contributed by atoms with Gasteiger partial charge < -0.3 is 5.32 Å². The van der Waals surface area contributed by atoms with Crippen LogP contribution in [-0.4, -0.2) is 17.5 Å². The van der Waals surface area contributed by atoms with E-state index in [1.54, 1.807) is 0 Å². The van der Waals surface area contributed by atoms with Crippen molar-refractivity contribution < 1.29 is 0 Å². The molecule has 0 amide bonds. The van der Waals surface area contributed by atoms with E-state index in [-0.39, 0.29) is 0 Å². The van der Waals surface area contributed by atoms with Crippen molar-refractivity contribution in [2.75, 3.05) is 6.26 Å². The van der Waals surface area contributed by atoms with Crippen molar-refractivity contribution in [2.24, 2.45) is 0 Å². The fraction of sp³-hybridized carbons (Fsp3) is 0.625. The fourth-order valence-electron chi connectivity index (χ4n) is 3.03. The van der Waals surface area contributed by atoms with Crippen LogP contribution in [0.15, 0.2) is 24.3 Å². The second-order valence-corrected chi connectivity index (χ2v) is 6.60. The zero-order valence-electron chi connectivity index (χ0n) is 11.8. The maximum absolute atomic E-state index is 3.83. The maximum Gasteiger partial charge on any atom is 0.0296 e. The van der Waals surface area contributed by atoms with Crippen LogP contribution in [0.2, 0.25) is 0 Å². The van der Waals surface area contributed by atoms with E-state index < -0.39 is 0 Å². The zero-order valence-corrected chi connectivity index (χ0v) is 12.6. The van der Waals surface area contributed by atoms with Gasteiger partial charge in [0.2, 0.25) is 0 Å². The third kappa shape index (κ3) is 3.52. The van der Waals surface area contributed by atoms with Crippen molar-refractivity contribution in [1.82, 2.24) is 5.32 Å². The standard InChI is InChI=1S/C16H25NS/c1-12-7-4-5-10-16(12)13(2)17-14-8-6-9-15(11-14)18-3/h4-5,7,10,13-15,17H,6,8-9,11H2,1-3H3. The first-order valence-corrected chi connectivity index (χ1v) is 8.34. The van der Waals surface area contributed by atoms with Gasteiger partial charge in [-0.3, -0.25) is 0 Å². The summed E-state index contributed by atoms with van der Waals surface area (Å²) in [5.74, 6) is 0. The Bertz CT molecular complexity index is 377. The van der Waals surface area contributed by atoms with E-state index in [9.17, 15) is 0 Å². The summed E-state index contributed by atoms with van der Waals surface area (Å²) in [6, 6.07) is 9.89. The van der Waals surface area contributed by atoms with E-state index in [0.717, 1.165) is 5.25 Å². The van der Waals surface area contributed by atoms with Crippen LogP contribution in [0.4, 0.5) is 0 Å². The van der Waals surface area contributed by atoms with Crippen molar-refractivity contribution in [3.05, 3.63) is 35.4 Å². The molecule has 0 heterocycles. The van der Waals surface area contributed by atoms with Crippen molar-refractivity contribution in [2.45, 2.75) is 56.9 Å². The molecule has 3 unspecified atom stereocenters. The van der Waals surface area contributed by atoms with E-state index >= 15 is 0 Å². The molecule has 0 saturated heterocycles. The molecular formula is C16H25NS. The van der Waals surface area contributed by atoms with Crippen LogP contribution in [0.5, 0.6) is 0 Å². The van der Waals surface area contributed by atoms with Crippen molar-refractivity contribution in [1.29, 1.82) is 0 Å². The Hall–Kier alpha value is -0.470. The van der Waals surface area contributed by atoms with E-state index in [2.05, 4.69) is 49.7 Å². The molecule has 1 aliphatic carbocycles. The lowest BCUT2D eigenvalue weighted by molar-refractivity contribution is 0.353. The summed E-state index contributed by atoms with van der Waals surface area (Å²) >= 11 is 2.04. The number of nitrogens with one attached hydrogen (secondary N) is 1. The molecule has 3 atom stereocenters. The molecule has 2 heteroatoms. The van der Waals surface area contributed by atoms with Gasteiger partial charge in [0.1, 0.15) is 0 Å². The van der Waals surface area contributed by atoms with Crippen LogP contribution in [0.25, 0.3) is 0 Å². The predicted octanol–water partition coefficient (Wildman–Crippen LogP) is 4.32. The Morgan fingerprint density at radius 2 is 2.06 bits per heavy atom. The van der Waals surface area contributed by atoms with E-state index in [0.29, 0.717) is 12.1 Å². The number of hydrogen-bond acceptors (Lipinski definition) is 2. The highest BCUT2D eigenvalue weighted by Gasteiger charge is 2.22. The minimum absolute atomic E-state index is 0.469. The Balaban J connectivity index is 1.95. The molecular weight excluding hydrogens is 238 g/mol. The van der Waals surface area contributed by atoms with Gasteiger partial charge in [-0.05, 0) is 50.5 Å². The first-order chi connectivity index (χ1) is 8.70. The summed E-state index contributed by atoms with van der Waals surface area (Å²) in [5, 5.41) is 4.69. The molecule has 18 heavy (non-hydrogen) atoms. The number of benzene rings is 1. The second-order valence-electron chi connectivity index (χ2n) is 5.47. The highest BCUT2D eigenvalue weighted by atomic mass is 32.2. The summed E-state index contributed by atoms with van der Waals surface area (Å²) in [6.07, 6.45) is 7.70. The Labute approximate surface area is 116 Å². The van der Waals surface area contributed by atoms with Gasteiger partial charge in [-0.25, -0.2) is 0 Å². The Morgan fingerprint density at radius 1 is 1.28 bits per heavy atom. The molecule has 1 aromatic carbocycles. The largest absolute Gasteiger partial charge is 0.307 e. The van der Waals surface area contributed by atoms with Crippen LogP contribution < -0.4 is 5.32 Å². The number of aryl methyl sites for hydroxylation is 1. The van der Waals surface area contributed by atoms with Gasteiger partial charge >= 0.3 is 0 Å². The van der Waals surface area contributed by atoms with Crippen LogP contribution in [0.1, 0.15) is 49.8 Å². The van der Waals surface area contributed by atoms with Gasteiger partial charge in [-0.2, -0.15) is 11.8 Å². The maximum atomic E-state index is 3.83. The van der Waals surface area contributed by atoms with Crippen LogP contribution in [0, 0.1) is 6.92 Å². The zero-order chi connectivity index (χ0) is 13.0. The van der Waals surface area contributed by atoms with E-state index in [1.165, 1.54) is 36.8 Å². The molecule has 100 valence electrons. The average Bonchev–Trinajstić information content (AvgIpc) is 2.39. The van der Waals surface area contributed by atoms with E-state index in [4.69, 9.17) is 0 Å². The highest BCUT2D eigenvalue weighted by Crippen LogP contribution is 2.28. The number of rotatable bonds is 4. The summed E-state index contributed by atoms with van der Waals surface area (Å²) in [4.78, 5) is 0. The quantitative estimate of drug-likeness (QED) is 0.868. The van der Waals surface area contributed by atoms with Gasteiger partial charge in [0, 0.05) is 17.3 Å². The first-order valence-electron chi connectivity index (χ1n) is 7.05. The first kappa shape index (κ1) is 14.0. The molecule has 2 rings (SSSR count). The van der Waals surface area contributed by atoms with Gasteiger partial charge in [-0.15, -0.1) is 0 Å². The van der Waals surface area contributed by atoms with Gasteiger partial charge in [0.15, 0.2) is 0 Å². The number of hydrogen-bond donors (Lipinski definition) is 1. The summed E-state index contributed by atoms with van der Waals surface area (Å²) < 4.78 is 0. The molecule has 0 bridgehead atoms. The summed E-state index contributed by atoms with van der Waals surface area (Å²) in [5.41, 5.74) is 2.85. The van der Waals surface area contributed by atoms with Gasteiger partial charge in [0.05, 0.1) is 0 Å². The molecule has 1 N–H and O–H groups in total. The van der Waals surface area contributed by atoms with Crippen molar-refractivity contribution in [3.63, 3.8) is 0 Å². The third-order valence-electron chi connectivity index (χ3n) is 4.10. The molecule has 0 radical (unpaired) electrons.